The SMILES string of the molecule is Cc1cccc(C2/C(=C(\O)c3ccc(C)c(C)c3)C(=O)C(=O)N2c2ccc(Cl)c(Cl)c2)c1. The highest BCUT2D eigenvalue weighted by Gasteiger charge is 2.47. The van der Waals surface area contributed by atoms with Gasteiger partial charge in [0.1, 0.15) is 5.76 Å². The Kier molecular flexibility index (Phi) is 5.85. The molecule has 0 saturated carbocycles. The monoisotopic (exact) mass is 465 g/mol. The Bertz CT molecular complexity index is 1300. The van der Waals surface area contributed by atoms with Gasteiger partial charge in [-0.05, 0) is 61.7 Å². The normalized spacial score (nSPS) is 17.8. The summed E-state index contributed by atoms with van der Waals surface area (Å²) in [4.78, 5) is 27.8. The number of benzene rings is 3. The number of ketones is 1. The smallest absolute Gasteiger partial charge is 0.300 e. The van der Waals surface area contributed by atoms with E-state index in [1.54, 1.807) is 24.3 Å². The number of amides is 1. The lowest BCUT2D eigenvalue weighted by atomic mass is 9.93. The fourth-order valence-corrected chi connectivity index (χ4v) is 4.23. The molecule has 1 amide bonds. The number of aryl methyl sites for hydroxylation is 3. The summed E-state index contributed by atoms with van der Waals surface area (Å²) in [7, 11) is 0. The number of hydrogen-bond donors (Lipinski definition) is 1. The zero-order valence-corrected chi connectivity index (χ0v) is 19.3. The van der Waals surface area contributed by atoms with Crippen LogP contribution in [0.3, 0.4) is 0 Å². The summed E-state index contributed by atoms with van der Waals surface area (Å²) < 4.78 is 0. The van der Waals surface area contributed by atoms with Crippen molar-refractivity contribution in [2.45, 2.75) is 26.8 Å². The second kappa shape index (κ2) is 8.45. The molecule has 1 N–H and O–H groups in total. The van der Waals surface area contributed by atoms with Crippen molar-refractivity contribution in [3.8, 4) is 0 Å². The molecule has 1 unspecified atom stereocenters. The number of anilines is 1. The Morgan fingerprint density at radius 2 is 1.62 bits per heavy atom. The van der Waals surface area contributed by atoms with Gasteiger partial charge in [0.2, 0.25) is 0 Å². The van der Waals surface area contributed by atoms with Crippen LogP contribution < -0.4 is 4.90 Å². The fourth-order valence-electron chi connectivity index (χ4n) is 3.93. The van der Waals surface area contributed by atoms with Gasteiger partial charge in [-0.25, -0.2) is 0 Å². The number of rotatable bonds is 3. The second-order valence-electron chi connectivity index (χ2n) is 7.98. The summed E-state index contributed by atoms with van der Waals surface area (Å²) in [5, 5.41) is 11.8. The Hall–Kier alpha value is -3.08. The predicted molar refractivity (Wildman–Crippen MR) is 128 cm³/mol. The highest BCUT2D eigenvalue weighted by atomic mass is 35.5. The number of aliphatic hydroxyl groups is 1. The minimum atomic E-state index is -0.811. The van der Waals surface area contributed by atoms with Crippen molar-refractivity contribution in [3.63, 3.8) is 0 Å². The highest BCUT2D eigenvalue weighted by Crippen LogP contribution is 2.43. The van der Waals surface area contributed by atoms with Gasteiger partial charge in [-0.3, -0.25) is 14.5 Å². The van der Waals surface area contributed by atoms with Gasteiger partial charge in [0.25, 0.3) is 11.7 Å². The summed E-state index contributed by atoms with van der Waals surface area (Å²) >= 11 is 12.3. The van der Waals surface area contributed by atoms with Crippen LogP contribution in [0.1, 0.15) is 33.9 Å². The molecule has 0 bridgehead atoms. The van der Waals surface area contributed by atoms with Gasteiger partial charge in [-0.1, -0.05) is 65.2 Å². The fraction of sp³-hybridized carbons (Fsp3) is 0.154. The molecule has 1 fully saturated rings. The summed E-state index contributed by atoms with van der Waals surface area (Å²) in [5.41, 5.74) is 4.65. The van der Waals surface area contributed by atoms with Gasteiger partial charge in [0.05, 0.1) is 21.7 Å². The van der Waals surface area contributed by atoms with Gasteiger partial charge in [-0.2, -0.15) is 0 Å². The average Bonchev–Trinajstić information content (AvgIpc) is 3.02. The predicted octanol–water partition coefficient (Wildman–Crippen LogP) is 6.54. The maximum absolute atomic E-state index is 13.2. The third kappa shape index (κ3) is 3.81. The first-order valence-electron chi connectivity index (χ1n) is 10.1. The average molecular weight is 466 g/mol. The third-order valence-corrected chi connectivity index (χ3v) is 6.50. The molecular formula is C26H21Cl2NO3. The van der Waals surface area contributed by atoms with E-state index in [1.807, 2.05) is 57.2 Å². The van der Waals surface area contributed by atoms with E-state index in [4.69, 9.17) is 23.2 Å². The van der Waals surface area contributed by atoms with E-state index >= 15 is 0 Å². The second-order valence-corrected chi connectivity index (χ2v) is 8.80. The summed E-state index contributed by atoms with van der Waals surface area (Å²) in [6.45, 7) is 5.83. The number of aliphatic hydroxyl groups excluding tert-OH is 1. The summed E-state index contributed by atoms with van der Waals surface area (Å²) in [6.07, 6.45) is 0. The molecule has 3 aromatic rings. The lowest BCUT2D eigenvalue weighted by molar-refractivity contribution is -0.132. The van der Waals surface area contributed by atoms with E-state index in [9.17, 15) is 14.7 Å². The topological polar surface area (TPSA) is 57.6 Å². The summed E-state index contributed by atoms with van der Waals surface area (Å²) in [6, 6.07) is 16.9. The number of hydrogen-bond acceptors (Lipinski definition) is 3. The molecule has 4 nitrogen and oxygen atoms in total. The Labute approximate surface area is 196 Å². The first kappa shape index (κ1) is 22.1. The minimum Gasteiger partial charge on any atom is -0.507 e. The van der Waals surface area contributed by atoms with Crippen LogP contribution in [0.15, 0.2) is 66.2 Å². The zero-order valence-electron chi connectivity index (χ0n) is 17.8. The van der Waals surface area contributed by atoms with E-state index in [-0.39, 0.29) is 16.4 Å². The lowest BCUT2D eigenvalue weighted by Crippen LogP contribution is -2.29. The molecule has 1 atom stereocenters. The molecule has 4 rings (SSSR count). The molecule has 0 aromatic heterocycles. The Morgan fingerprint density at radius 3 is 2.28 bits per heavy atom. The van der Waals surface area contributed by atoms with Crippen molar-refractivity contribution in [3.05, 3.63) is 104 Å². The third-order valence-electron chi connectivity index (χ3n) is 5.76. The van der Waals surface area contributed by atoms with Gasteiger partial charge < -0.3 is 5.11 Å². The quantitative estimate of drug-likeness (QED) is 0.271. The number of halogens is 2. The van der Waals surface area contributed by atoms with E-state index in [2.05, 4.69) is 0 Å². The number of nitrogens with zero attached hydrogens (tertiary/aromatic N) is 1. The minimum absolute atomic E-state index is 0.0370. The molecule has 0 radical (unpaired) electrons. The van der Waals surface area contributed by atoms with Crippen LogP contribution in [0.4, 0.5) is 5.69 Å². The number of Topliss-reactive ketones (excluding diaryl/α,β-unsaturated/α-hetero) is 1. The van der Waals surface area contributed by atoms with Crippen LogP contribution in [-0.2, 0) is 9.59 Å². The van der Waals surface area contributed by atoms with Gasteiger partial charge in [-0.15, -0.1) is 0 Å². The van der Waals surface area contributed by atoms with E-state index in [0.717, 1.165) is 16.7 Å². The van der Waals surface area contributed by atoms with Crippen molar-refractivity contribution >= 4 is 46.3 Å². The first-order chi connectivity index (χ1) is 15.2. The van der Waals surface area contributed by atoms with Gasteiger partial charge >= 0.3 is 0 Å². The first-order valence-corrected chi connectivity index (χ1v) is 10.8. The van der Waals surface area contributed by atoms with E-state index < -0.39 is 17.7 Å². The molecular weight excluding hydrogens is 445 g/mol. The van der Waals surface area contributed by atoms with Crippen LogP contribution in [0.25, 0.3) is 5.76 Å². The van der Waals surface area contributed by atoms with Crippen molar-refractivity contribution in [1.82, 2.24) is 0 Å². The highest BCUT2D eigenvalue weighted by molar-refractivity contribution is 6.52. The molecule has 0 aliphatic carbocycles. The van der Waals surface area contributed by atoms with Crippen molar-refractivity contribution < 1.29 is 14.7 Å². The molecule has 1 heterocycles. The van der Waals surface area contributed by atoms with Crippen molar-refractivity contribution in [2.75, 3.05) is 4.90 Å². The van der Waals surface area contributed by atoms with Crippen LogP contribution in [-0.4, -0.2) is 16.8 Å². The van der Waals surface area contributed by atoms with Crippen LogP contribution >= 0.6 is 23.2 Å². The van der Waals surface area contributed by atoms with Crippen molar-refractivity contribution in [1.29, 1.82) is 0 Å². The van der Waals surface area contributed by atoms with Crippen LogP contribution in [0.2, 0.25) is 10.0 Å². The Morgan fingerprint density at radius 1 is 0.875 bits per heavy atom. The maximum Gasteiger partial charge on any atom is 0.300 e. The van der Waals surface area contributed by atoms with Crippen LogP contribution in [0, 0.1) is 20.8 Å². The van der Waals surface area contributed by atoms with E-state index in [0.29, 0.717) is 21.8 Å². The summed E-state index contributed by atoms with van der Waals surface area (Å²) in [5.74, 6) is -1.70. The standard InChI is InChI=1S/C26H21Cl2NO3/c1-14-5-4-6-17(11-14)23-22(24(30)18-8-7-15(2)16(3)12-18)25(31)26(32)29(23)19-9-10-20(27)21(28)13-19/h4-13,23,30H,1-3H3/b24-22+. The van der Waals surface area contributed by atoms with Gasteiger partial charge in [0.15, 0.2) is 0 Å². The number of carbonyl (C=O) groups is 2. The molecule has 1 aliphatic rings. The molecule has 1 saturated heterocycles. The largest absolute Gasteiger partial charge is 0.507 e. The molecule has 162 valence electrons. The Balaban J connectivity index is 1.97. The number of carbonyl (C=O) groups excluding carboxylic acids is 2. The molecule has 0 spiro atoms. The van der Waals surface area contributed by atoms with Crippen molar-refractivity contribution in [2.24, 2.45) is 0 Å². The molecule has 3 aromatic carbocycles. The maximum atomic E-state index is 13.2. The zero-order chi connectivity index (χ0) is 23.2. The van der Waals surface area contributed by atoms with Gasteiger partial charge in [0, 0.05) is 11.3 Å². The molecule has 32 heavy (non-hydrogen) atoms. The molecule has 1 aliphatic heterocycles. The molecule has 6 heteroatoms. The van der Waals surface area contributed by atoms with Crippen LogP contribution in [0.5, 0.6) is 0 Å². The lowest BCUT2D eigenvalue weighted by Gasteiger charge is -2.26. The van der Waals surface area contributed by atoms with E-state index in [1.165, 1.54) is 4.90 Å².